The number of aliphatic carboxylic acids is 1. The maximum absolute atomic E-state index is 10.1. The van der Waals surface area contributed by atoms with Crippen LogP contribution in [0.5, 0.6) is 0 Å². The maximum Gasteiger partial charge on any atom is 0.317 e. The molecule has 0 saturated heterocycles. The Hall–Kier alpha value is -0.650. The fraction of sp³-hybridized carbons (Fsp3) is 0.833. The molecule has 5 heteroatoms. The minimum absolute atomic E-state index is 0.169. The summed E-state index contributed by atoms with van der Waals surface area (Å²) in [4.78, 5) is 10.1. The average Bonchev–Trinajstić information content (AvgIpc) is 2.00. The third kappa shape index (κ3) is 3.92. The number of carboxylic acids is 1. The fourth-order valence-electron chi connectivity index (χ4n) is 0.514. The first kappa shape index (κ1) is 10.3. The summed E-state index contributed by atoms with van der Waals surface area (Å²) in [6.45, 7) is 3.34. The molecule has 0 aromatic heterocycles. The molecule has 0 aromatic carbocycles. The van der Waals surface area contributed by atoms with E-state index in [9.17, 15) is 4.79 Å². The lowest BCUT2D eigenvalue weighted by atomic mass is 10.1. The van der Waals surface area contributed by atoms with E-state index in [4.69, 9.17) is 10.3 Å². The zero-order chi connectivity index (χ0) is 8.91. The molecular formula is C6H14N2O3. The second kappa shape index (κ2) is 4.27. The van der Waals surface area contributed by atoms with Crippen LogP contribution in [0.25, 0.3) is 0 Å². The van der Waals surface area contributed by atoms with Gasteiger partial charge in [0, 0.05) is 0 Å². The average molecular weight is 162 g/mol. The van der Waals surface area contributed by atoms with Crippen LogP contribution < -0.4 is 10.8 Å². The highest BCUT2D eigenvalue weighted by atomic mass is 16.5. The summed E-state index contributed by atoms with van der Waals surface area (Å²) in [5.74, 6) is -0.945. The quantitative estimate of drug-likeness (QED) is 0.331. The minimum atomic E-state index is -0.945. The summed E-state index contributed by atoms with van der Waals surface area (Å²) in [5, 5.41) is 19.5. The van der Waals surface area contributed by atoms with E-state index in [-0.39, 0.29) is 6.54 Å². The highest BCUT2D eigenvalue weighted by molar-refractivity contribution is 5.69. The molecule has 0 aliphatic rings. The van der Waals surface area contributed by atoms with Gasteiger partial charge in [-0.2, -0.15) is 5.48 Å². The van der Waals surface area contributed by atoms with Crippen molar-refractivity contribution < 1.29 is 15.1 Å². The molecule has 1 atom stereocenters. The van der Waals surface area contributed by atoms with Crippen LogP contribution in [0.1, 0.15) is 20.3 Å². The molecule has 0 rings (SSSR count). The molecule has 5 nitrogen and oxygen atoms in total. The number of rotatable bonds is 5. The first-order valence-electron chi connectivity index (χ1n) is 3.42. The Morgan fingerprint density at radius 1 is 1.64 bits per heavy atom. The summed E-state index contributed by atoms with van der Waals surface area (Å²) in [6, 6.07) is 0. The van der Waals surface area contributed by atoms with Gasteiger partial charge in [0.15, 0.2) is 0 Å². The van der Waals surface area contributed by atoms with Gasteiger partial charge in [0.2, 0.25) is 0 Å². The molecule has 66 valence electrons. The van der Waals surface area contributed by atoms with Gasteiger partial charge in [-0.05, 0) is 13.3 Å². The number of hydroxylamine groups is 1. The smallest absolute Gasteiger partial charge is 0.317 e. The molecule has 0 amide bonds. The summed E-state index contributed by atoms with van der Waals surface area (Å²) in [5.41, 5.74) is 1.30. The van der Waals surface area contributed by atoms with Crippen LogP contribution in [-0.4, -0.2) is 28.5 Å². The van der Waals surface area contributed by atoms with Gasteiger partial charge in [0.1, 0.15) is 0 Å². The van der Waals surface area contributed by atoms with Gasteiger partial charge in [-0.1, -0.05) is 6.92 Å². The Kier molecular flexibility index (Phi) is 4.02. The first-order chi connectivity index (χ1) is 5.04. The minimum Gasteiger partial charge on any atom is -0.480 e. The lowest BCUT2D eigenvalue weighted by Gasteiger charge is -2.26. The molecule has 0 aromatic rings. The number of carbonyl (C=O) groups is 1. The van der Waals surface area contributed by atoms with Crippen LogP contribution in [-0.2, 0) is 4.79 Å². The maximum atomic E-state index is 10.1. The number of hydrogen-bond donors (Lipinski definition) is 4. The Labute approximate surface area is 65.4 Å². The lowest BCUT2D eigenvalue weighted by Crippen LogP contribution is -2.54. The molecule has 0 aliphatic heterocycles. The predicted octanol–water partition coefficient (Wildman–Crippen LogP) is -0.234. The van der Waals surface area contributed by atoms with Crippen molar-refractivity contribution in [2.45, 2.75) is 25.9 Å². The lowest BCUT2D eigenvalue weighted by molar-refractivity contribution is -0.136. The summed E-state index contributed by atoms with van der Waals surface area (Å²) in [7, 11) is 0. The summed E-state index contributed by atoms with van der Waals surface area (Å²) >= 11 is 0. The summed E-state index contributed by atoms with van der Waals surface area (Å²) in [6.07, 6.45) is 0.594. The van der Waals surface area contributed by atoms with Crippen LogP contribution in [0, 0.1) is 0 Å². The Balaban J connectivity index is 3.78. The number of carboxylic acid groups (broad SMARTS) is 1. The molecule has 0 radical (unpaired) electrons. The predicted molar refractivity (Wildman–Crippen MR) is 39.3 cm³/mol. The number of hydrogen-bond acceptors (Lipinski definition) is 4. The van der Waals surface area contributed by atoms with Gasteiger partial charge >= 0.3 is 5.97 Å². The van der Waals surface area contributed by atoms with E-state index < -0.39 is 11.6 Å². The normalized spacial score (nSPS) is 15.9. The van der Waals surface area contributed by atoms with Crippen molar-refractivity contribution in [2.24, 2.45) is 0 Å². The van der Waals surface area contributed by atoms with Crippen molar-refractivity contribution in [3.05, 3.63) is 0 Å². The van der Waals surface area contributed by atoms with Crippen molar-refractivity contribution in [2.75, 3.05) is 6.54 Å². The van der Waals surface area contributed by atoms with Gasteiger partial charge in [0.05, 0.1) is 12.2 Å². The SMILES string of the molecule is CCC(C)(NO)NCC(=O)O. The van der Waals surface area contributed by atoms with Crippen molar-refractivity contribution in [1.82, 2.24) is 10.8 Å². The monoisotopic (exact) mass is 162 g/mol. The van der Waals surface area contributed by atoms with Crippen LogP contribution >= 0.6 is 0 Å². The third-order valence-electron chi connectivity index (χ3n) is 1.58. The van der Waals surface area contributed by atoms with Gasteiger partial charge < -0.3 is 10.3 Å². The van der Waals surface area contributed by atoms with E-state index in [1.807, 2.05) is 12.4 Å². The van der Waals surface area contributed by atoms with Gasteiger partial charge in [0.25, 0.3) is 0 Å². The molecule has 0 saturated carbocycles. The van der Waals surface area contributed by atoms with Crippen molar-refractivity contribution >= 4 is 5.97 Å². The second-order valence-corrected chi connectivity index (χ2v) is 2.54. The van der Waals surface area contributed by atoms with Crippen LogP contribution in [0.4, 0.5) is 0 Å². The molecule has 0 fully saturated rings. The molecule has 0 spiro atoms. The van der Waals surface area contributed by atoms with Crippen molar-refractivity contribution in [1.29, 1.82) is 0 Å². The van der Waals surface area contributed by atoms with E-state index in [1.54, 1.807) is 6.92 Å². The summed E-state index contributed by atoms with van der Waals surface area (Å²) < 4.78 is 0. The molecule has 11 heavy (non-hydrogen) atoms. The van der Waals surface area contributed by atoms with Crippen LogP contribution in [0.2, 0.25) is 0 Å². The third-order valence-corrected chi connectivity index (χ3v) is 1.58. The van der Waals surface area contributed by atoms with Gasteiger partial charge in [-0.25, -0.2) is 0 Å². The molecule has 0 heterocycles. The van der Waals surface area contributed by atoms with E-state index in [0.717, 1.165) is 0 Å². The Morgan fingerprint density at radius 3 is 2.45 bits per heavy atom. The zero-order valence-electron chi connectivity index (χ0n) is 6.72. The van der Waals surface area contributed by atoms with Gasteiger partial charge in [-0.3, -0.25) is 10.1 Å². The molecule has 1 unspecified atom stereocenters. The van der Waals surface area contributed by atoms with E-state index in [2.05, 4.69) is 5.32 Å². The second-order valence-electron chi connectivity index (χ2n) is 2.54. The van der Waals surface area contributed by atoms with E-state index >= 15 is 0 Å². The largest absolute Gasteiger partial charge is 0.480 e. The Morgan fingerprint density at radius 2 is 2.18 bits per heavy atom. The number of nitrogens with one attached hydrogen (secondary N) is 2. The first-order valence-corrected chi connectivity index (χ1v) is 3.42. The fourth-order valence-corrected chi connectivity index (χ4v) is 0.514. The van der Waals surface area contributed by atoms with Crippen LogP contribution in [0.3, 0.4) is 0 Å². The highest BCUT2D eigenvalue weighted by Gasteiger charge is 2.20. The molecule has 0 bridgehead atoms. The highest BCUT2D eigenvalue weighted by Crippen LogP contribution is 2.01. The molecule has 0 aliphatic carbocycles. The standard InChI is InChI=1S/C6H14N2O3/c1-3-6(2,8-11)7-4-5(9)10/h7-8,11H,3-4H2,1-2H3,(H,9,10). The van der Waals surface area contributed by atoms with E-state index in [1.165, 1.54) is 0 Å². The Bertz CT molecular complexity index is 134. The van der Waals surface area contributed by atoms with E-state index in [0.29, 0.717) is 6.42 Å². The zero-order valence-corrected chi connectivity index (χ0v) is 6.72. The van der Waals surface area contributed by atoms with Crippen molar-refractivity contribution in [3.63, 3.8) is 0 Å². The van der Waals surface area contributed by atoms with Gasteiger partial charge in [-0.15, -0.1) is 0 Å². The van der Waals surface area contributed by atoms with Crippen molar-refractivity contribution in [3.8, 4) is 0 Å². The van der Waals surface area contributed by atoms with Crippen LogP contribution in [0.15, 0.2) is 0 Å². The molecule has 4 N–H and O–H groups in total. The molecular weight excluding hydrogens is 148 g/mol. The topological polar surface area (TPSA) is 81.6 Å².